The molecule has 148 valence electrons. The van der Waals surface area contributed by atoms with E-state index in [1.165, 1.54) is 28.9 Å². The molecule has 1 aromatic carbocycles. The van der Waals surface area contributed by atoms with Crippen LogP contribution in [0, 0.1) is 0 Å². The van der Waals surface area contributed by atoms with Crippen LogP contribution < -0.4 is 10.2 Å². The maximum absolute atomic E-state index is 12.9. The Hall–Kier alpha value is -2.52. The summed E-state index contributed by atoms with van der Waals surface area (Å²) in [6.07, 6.45) is 3.16. The van der Waals surface area contributed by atoms with Crippen LogP contribution in [-0.4, -0.2) is 55.0 Å². The van der Waals surface area contributed by atoms with Crippen LogP contribution in [0.4, 0.5) is 11.5 Å². The van der Waals surface area contributed by atoms with Crippen LogP contribution in [0.25, 0.3) is 0 Å². The molecular weight excluding hydrogens is 378 g/mol. The summed E-state index contributed by atoms with van der Waals surface area (Å²) in [5.41, 5.74) is 2.93. The molecule has 1 N–H and O–H groups in total. The van der Waals surface area contributed by atoms with E-state index in [2.05, 4.69) is 26.5 Å². The summed E-state index contributed by atoms with van der Waals surface area (Å²) in [5, 5.41) is 11.3. The van der Waals surface area contributed by atoms with Crippen molar-refractivity contribution in [1.29, 1.82) is 0 Å². The lowest BCUT2D eigenvalue weighted by molar-refractivity contribution is -0.114. The second-order valence-corrected chi connectivity index (χ2v) is 9.06. The smallest absolute Gasteiger partial charge is 0.243 e. The second kappa shape index (κ2) is 7.48. The van der Waals surface area contributed by atoms with Gasteiger partial charge in [-0.3, -0.25) is 4.79 Å². The molecule has 1 saturated heterocycles. The van der Waals surface area contributed by atoms with Gasteiger partial charge in [-0.1, -0.05) is 0 Å². The molecule has 2 aliphatic rings. The summed E-state index contributed by atoms with van der Waals surface area (Å²) in [4.78, 5) is 13.4. The number of amides is 1. The Morgan fingerprint density at radius 2 is 1.75 bits per heavy atom. The molecule has 9 heteroatoms. The van der Waals surface area contributed by atoms with Crippen LogP contribution >= 0.6 is 0 Å². The standard InChI is InChI=1S/C19H23N5O3S/c1-14(25)20-16-5-7-17(8-6-16)28(26,27)24-11-9-23(10-12-24)19-13-15-3-2-4-18(15)21-22-19/h5-8,13H,2-4,9-12H2,1H3,(H,20,25). The third kappa shape index (κ3) is 3.72. The van der Waals surface area contributed by atoms with E-state index in [4.69, 9.17) is 0 Å². The molecule has 0 spiro atoms. The van der Waals surface area contributed by atoms with E-state index in [-0.39, 0.29) is 10.8 Å². The number of aryl methyl sites for hydroxylation is 2. The third-order valence-corrected chi connectivity index (χ3v) is 7.09. The van der Waals surface area contributed by atoms with Gasteiger partial charge in [0.15, 0.2) is 5.82 Å². The zero-order valence-corrected chi connectivity index (χ0v) is 16.6. The number of benzene rings is 1. The highest BCUT2D eigenvalue weighted by molar-refractivity contribution is 7.89. The van der Waals surface area contributed by atoms with Crippen molar-refractivity contribution < 1.29 is 13.2 Å². The number of hydrogen-bond donors (Lipinski definition) is 1. The maximum atomic E-state index is 12.9. The highest BCUT2D eigenvalue weighted by Gasteiger charge is 2.29. The number of nitrogens with one attached hydrogen (secondary N) is 1. The zero-order chi connectivity index (χ0) is 19.7. The number of hydrogen-bond acceptors (Lipinski definition) is 6. The third-order valence-electron chi connectivity index (χ3n) is 5.18. The van der Waals surface area contributed by atoms with Crippen molar-refractivity contribution >= 4 is 27.4 Å². The molecule has 1 fully saturated rings. The number of nitrogens with zero attached hydrogens (tertiary/aromatic N) is 4. The predicted molar refractivity (Wildman–Crippen MR) is 106 cm³/mol. The average molecular weight is 401 g/mol. The van der Waals surface area contributed by atoms with E-state index in [0.717, 1.165) is 30.8 Å². The van der Waals surface area contributed by atoms with Gasteiger partial charge in [0, 0.05) is 38.8 Å². The van der Waals surface area contributed by atoms with Crippen LogP contribution in [0.1, 0.15) is 24.6 Å². The van der Waals surface area contributed by atoms with Crippen molar-refractivity contribution in [1.82, 2.24) is 14.5 Å². The van der Waals surface area contributed by atoms with Gasteiger partial charge in [0.2, 0.25) is 15.9 Å². The topological polar surface area (TPSA) is 95.5 Å². The first kappa shape index (κ1) is 18.8. The van der Waals surface area contributed by atoms with Crippen molar-refractivity contribution in [2.24, 2.45) is 0 Å². The fourth-order valence-corrected chi connectivity index (χ4v) is 5.11. The molecule has 1 amide bonds. The summed E-state index contributed by atoms with van der Waals surface area (Å²) >= 11 is 0. The van der Waals surface area contributed by atoms with Crippen LogP contribution in [0.5, 0.6) is 0 Å². The fraction of sp³-hybridized carbons (Fsp3) is 0.421. The van der Waals surface area contributed by atoms with E-state index in [0.29, 0.717) is 31.9 Å². The minimum Gasteiger partial charge on any atom is -0.352 e. The van der Waals surface area contributed by atoms with Gasteiger partial charge in [-0.25, -0.2) is 8.42 Å². The van der Waals surface area contributed by atoms with Gasteiger partial charge in [-0.2, -0.15) is 9.40 Å². The average Bonchev–Trinajstić information content (AvgIpc) is 3.16. The molecule has 0 unspecified atom stereocenters. The second-order valence-electron chi connectivity index (χ2n) is 7.12. The van der Waals surface area contributed by atoms with Crippen LogP contribution in [-0.2, 0) is 27.7 Å². The van der Waals surface area contributed by atoms with Gasteiger partial charge in [-0.15, -0.1) is 5.10 Å². The quantitative estimate of drug-likeness (QED) is 0.833. The Labute approximate surface area is 164 Å². The lowest BCUT2D eigenvalue weighted by atomic mass is 10.2. The summed E-state index contributed by atoms with van der Waals surface area (Å²) in [5.74, 6) is 0.638. The van der Waals surface area contributed by atoms with Gasteiger partial charge in [0.1, 0.15) is 0 Å². The number of fused-ring (bicyclic) bond motifs is 1. The molecule has 2 heterocycles. The molecule has 2 aromatic rings. The highest BCUT2D eigenvalue weighted by atomic mass is 32.2. The van der Waals surface area contributed by atoms with Crippen molar-refractivity contribution in [3.05, 3.63) is 41.6 Å². The lowest BCUT2D eigenvalue weighted by Crippen LogP contribution is -2.49. The number of sulfonamides is 1. The normalized spacial score (nSPS) is 17.4. The van der Waals surface area contributed by atoms with E-state index in [9.17, 15) is 13.2 Å². The van der Waals surface area contributed by atoms with Gasteiger partial charge in [0.25, 0.3) is 0 Å². The molecule has 1 aliphatic carbocycles. The Morgan fingerprint density at radius 3 is 2.43 bits per heavy atom. The molecule has 1 aromatic heterocycles. The van der Waals surface area contributed by atoms with Gasteiger partial charge in [0.05, 0.1) is 10.6 Å². The minimum absolute atomic E-state index is 0.193. The van der Waals surface area contributed by atoms with Crippen molar-refractivity contribution in [3.63, 3.8) is 0 Å². The first-order chi connectivity index (χ1) is 13.4. The summed E-state index contributed by atoms with van der Waals surface area (Å²) in [7, 11) is -3.56. The molecule has 0 saturated carbocycles. The molecule has 1 aliphatic heterocycles. The molecule has 4 rings (SSSR count). The Bertz CT molecular complexity index is 983. The van der Waals surface area contributed by atoms with Crippen molar-refractivity contribution in [3.8, 4) is 0 Å². The van der Waals surface area contributed by atoms with Crippen LogP contribution in [0.15, 0.2) is 35.2 Å². The maximum Gasteiger partial charge on any atom is 0.243 e. The van der Waals surface area contributed by atoms with Crippen LogP contribution in [0.3, 0.4) is 0 Å². The van der Waals surface area contributed by atoms with Crippen molar-refractivity contribution in [2.45, 2.75) is 31.1 Å². The fourth-order valence-electron chi connectivity index (χ4n) is 3.69. The van der Waals surface area contributed by atoms with Crippen LogP contribution in [0.2, 0.25) is 0 Å². The van der Waals surface area contributed by atoms with Gasteiger partial charge < -0.3 is 10.2 Å². The number of rotatable bonds is 4. The number of piperazine rings is 1. The predicted octanol–water partition coefficient (Wildman–Crippen LogP) is 1.43. The largest absolute Gasteiger partial charge is 0.352 e. The Kier molecular flexibility index (Phi) is 5.03. The number of anilines is 2. The van der Waals surface area contributed by atoms with Crippen molar-refractivity contribution in [2.75, 3.05) is 36.4 Å². The number of carbonyl (C=O) groups excluding carboxylic acids is 1. The molecule has 0 bridgehead atoms. The minimum atomic E-state index is -3.56. The summed E-state index contributed by atoms with van der Waals surface area (Å²) in [6.45, 7) is 3.37. The first-order valence-corrected chi connectivity index (χ1v) is 10.9. The molecule has 8 nitrogen and oxygen atoms in total. The Balaban J connectivity index is 1.43. The summed E-state index contributed by atoms with van der Waals surface area (Å²) in [6, 6.07) is 8.35. The molecular formula is C19H23N5O3S. The van der Waals surface area contributed by atoms with E-state index >= 15 is 0 Å². The Morgan fingerprint density at radius 1 is 1.04 bits per heavy atom. The molecule has 0 atom stereocenters. The van der Waals surface area contributed by atoms with E-state index in [1.54, 1.807) is 12.1 Å². The van der Waals surface area contributed by atoms with E-state index in [1.807, 2.05) is 0 Å². The number of aromatic nitrogens is 2. The van der Waals surface area contributed by atoms with Gasteiger partial charge >= 0.3 is 0 Å². The number of carbonyl (C=O) groups is 1. The molecule has 0 radical (unpaired) electrons. The highest BCUT2D eigenvalue weighted by Crippen LogP contribution is 2.25. The monoisotopic (exact) mass is 401 g/mol. The SMILES string of the molecule is CC(=O)Nc1ccc(S(=O)(=O)N2CCN(c3cc4c(nn3)CCC4)CC2)cc1. The van der Waals surface area contributed by atoms with E-state index < -0.39 is 10.0 Å². The summed E-state index contributed by atoms with van der Waals surface area (Å²) < 4.78 is 27.3. The first-order valence-electron chi connectivity index (χ1n) is 9.42. The van der Waals surface area contributed by atoms with Gasteiger partial charge in [-0.05, 0) is 55.2 Å². The lowest BCUT2D eigenvalue weighted by Gasteiger charge is -2.34. The zero-order valence-electron chi connectivity index (χ0n) is 15.8. The molecule has 28 heavy (non-hydrogen) atoms.